The van der Waals surface area contributed by atoms with Crippen molar-refractivity contribution in [2.24, 2.45) is 0 Å². The smallest absolute Gasteiger partial charge is 0.416 e. The molecule has 1 aromatic heterocycles. The third kappa shape index (κ3) is 3.23. The molecular weight excluding hydrogens is 403 g/mol. The Morgan fingerprint density at radius 2 is 1.90 bits per heavy atom. The molecule has 0 spiro atoms. The maximum Gasteiger partial charge on any atom is 0.416 e. The van der Waals surface area contributed by atoms with Gasteiger partial charge in [0.05, 0.1) is 5.56 Å². The third-order valence-electron chi connectivity index (χ3n) is 5.04. The Balaban J connectivity index is 1.37. The number of anilines is 1. The number of alkyl halides is 3. The molecule has 2 aliphatic rings. The number of nitrogens with zero attached hydrogens (tertiary/aromatic N) is 3. The van der Waals surface area contributed by atoms with Gasteiger partial charge in [0.1, 0.15) is 0 Å². The Labute approximate surface area is 168 Å². The standard InChI is InChI=1S/C20H14F3N3O4/c21-20(22,23)13-2-1-3-14(8-13)26-9-12(7-17(26)27)18-24-19(30-25-18)11-4-5-15-16(6-11)29-10-28-15/h1-6,8,12H,7,9-10H2. The van der Waals surface area contributed by atoms with Crippen LogP contribution in [0.25, 0.3) is 11.5 Å². The number of rotatable bonds is 3. The van der Waals surface area contributed by atoms with Crippen molar-refractivity contribution in [3.05, 3.63) is 53.9 Å². The summed E-state index contributed by atoms with van der Waals surface area (Å²) in [7, 11) is 0. The van der Waals surface area contributed by atoms with Gasteiger partial charge in [-0.1, -0.05) is 11.2 Å². The Hall–Kier alpha value is -3.56. The first kappa shape index (κ1) is 18.5. The molecule has 0 aliphatic carbocycles. The second-order valence-corrected chi connectivity index (χ2v) is 6.98. The van der Waals surface area contributed by atoms with Crippen molar-refractivity contribution in [2.75, 3.05) is 18.2 Å². The molecule has 3 heterocycles. The van der Waals surface area contributed by atoms with Gasteiger partial charge in [0.2, 0.25) is 12.7 Å². The van der Waals surface area contributed by atoms with Crippen LogP contribution in [-0.4, -0.2) is 29.4 Å². The van der Waals surface area contributed by atoms with Gasteiger partial charge in [-0.15, -0.1) is 0 Å². The van der Waals surface area contributed by atoms with E-state index in [2.05, 4.69) is 10.1 Å². The zero-order valence-electron chi connectivity index (χ0n) is 15.3. The van der Waals surface area contributed by atoms with Gasteiger partial charge in [0.15, 0.2) is 17.3 Å². The Morgan fingerprint density at radius 1 is 1.07 bits per heavy atom. The summed E-state index contributed by atoms with van der Waals surface area (Å²) in [4.78, 5) is 18.1. The van der Waals surface area contributed by atoms with Crippen molar-refractivity contribution in [2.45, 2.75) is 18.5 Å². The van der Waals surface area contributed by atoms with E-state index < -0.39 is 17.7 Å². The molecule has 1 atom stereocenters. The molecule has 5 rings (SSSR count). The van der Waals surface area contributed by atoms with Crippen molar-refractivity contribution in [3.63, 3.8) is 0 Å². The minimum atomic E-state index is -4.48. The number of carbonyl (C=O) groups excluding carboxylic acids is 1. The van der Waals surface area contributed by atoms with Crippen LogP contribution in [0.1, 0.15) is 23.7 Å². The normalized spacial score (nSPS) is 18.3. The summed E-state index contributed by atoms with van der Waals surface area (Å²) in [5.74, 6) is 1.08. The molecule has 1 saturated heterocycles. The van der Waals surface area contributed by atoms with Gasteiger partial charge in [-0.3, -0.25) is 4.79 Å². The second-order valence-electron chi connectivity index (χ2n) is 6.98. The number of halogens is 3. The lowest BCUT2D eigenvalue weighted by molar-refractivity contribution is -0.137. The van der Waals surface area contributed by atoms with Crippen LogP contribution in [0.5, 0.6) is 11.5 Å². The molecule has 0 N–H and O–H groups in total. The van der Waals surface area contributed by atoms with Crippen LogP contribution in [-0.2, 0) is 11.0 Å². The number of fused-ring (bicyclic) bond motifs is 1. The SMILES string of the molecule is O=C1CC(c2noc(-c3ccc4c(c3)OCO4)n2)CN1c1cccc(C(F)(F)F)c1. The van der Waals surface area contributed by atoms with E-state index in [0.29, 0.717) is 22.9 Å². The predicted octanol–water partition coefficient (Wildman–Crippen LogP) is 4.00. The van der Waals surface area contributed by atoms with Crippen LogP contribution in [0.4, 0.5) is 18.9 Å². The first-order chi connectivity index (χ1) is 14.4. The molecule has 2 aliphatic heterocycles. The summed E-state index contributed by atoms with van der Waals surface area (Å²) < 4.78 is 54.9. The molecule has 0 saturated carbocycles. The largest absolute Gasteiger partial charge is 0.454 e. The van der Waals surface area contributed by atoms with E-state index in [0.717, 1.165) is 12.1 Å². The summed E-state index contributed by atoms with van der Waals surface area (Å²) in [6.45, 7) is 0.309. The average molecular weight is 417 g/mol. The highest BCUT2D eigenvalue weighted by Gasteiger charge is 2.36. The van der Waals surface area contributed by atoms with E-state index in [1.54, 1.807) is 18.2 Å². The first-order valence-electron chi connectivity index (χ1n) is 9.10. The van der Waals surface area contributed by atoms with Gasteiger partial charge < -0.3 is 18.9 Å². The monoisotopic (exact) mass is 417 g/mol. The van der Waals surface area contributed by atoms with E-state index in [1.165, 1.54) is 17.0 Å². The fraction of sp³-hybridized carbons (Fsp3) is 0.250. The fourth-order valence-corrected chi connectivity index (χ4v) is 3.53. The highest BCUT2D eigenvalue weighted by atomic mass is 19.4. The van der Waals surface area contributed by atoms with E-state index in [-0.39, 0.29) is 37.2 Å². The maximum absolute atomic E-state index is 13.0. The summed E-state index contributed by atoms with van der Waals surface area (Å²) in [5.41, 5.74) is 0.0229. The van der Waals surface area contributed by atoms with E-state index in [9.17, 15) is 18.0 Å². The van der Waals surface area contributed by atoms with Crippen molar-refractivity contribution in [1.29, 1.82) is 0 Å². The van der Waals surface area contributed by atoms with Gasteiger partial charge in [0, 0.05) is 30.1 Å². The van der Waals surface area contributed by atoms with Crippen LogP contribution in [0.2, 0.25) is 0 Å². The number of aromatic nitrogens is 2. The van der Waals surface area contributed by atoms with Gasteiger partial charge in [0.25, 0.3) is 5.89 Å². The number of benzene rings is 2. The summed E-state index contributed by atoms with van der Waals surface area (Å²) in [5, 5.41) is 3.97. The molecular formula is C20H14F3N3O4. The summed E-state index contributed by atoms with van der Waals surface area (Å²) in [6, 6.07) is 9.89. The van der Waals surface area contributed by atoms with E-state index in [4.69, 9.17) is 14.0 Å². The molecule has 3 aromatic rings. The Bertz CT molecular complexity index is 1130. The highest BCUT2D eigenvalue weighted by molar-refractivity contribution is 5.96. The molecule has 1 amide bonds. The summed E-state index contributed by atoms with van der Waals surface area (Å²) in [6.07, 6.45) is -4.40. The number of ether oxygens (including phenoxy) is 2. The quantitative estimate of drug-likeness (QED) is 0.641. The van der Waals surface area contributed by atoms with Crippen LogP contribution in [0.15, 0.2) is 47.0 Å². The van der Waals surface area contributed by atoms with Gasteiger partial charge >= 0.3 is 6.18 Å². The lowest BCUT2D eigenvalue weighted by atomic mass is 10.1. The molecule has 1 fully saturated rings. The van der Waals surface area contributed by atoms with Crippen LogP contribution in [0.3, 0.4) is 0 Å². The average Bonchev–Trinajstić information content (AvgIpc) is 3.46. The van der Waals surface area contributed by atoms with E-state index in [1.807, 2.05) is 0 Å². The van der Waals surface area contributed by atoms with E-state index >= 15 is 0 Å². The molecule has 10 heteroatoms. The Morgan fingerprint density at radius 3 is 2.73 bits per heavy atom. The fourth-order valence-electron chi connectivity index (χ4n) is 3.53. The third-order valence-corrected chi connectivity index (χ3v) is 5.04. The zero-order chi connectivity index (χ0) is 20.9. The van der Waals surface area contributed by atoms with Crippen molar-refractivity contribution >= 4 is 11.6 Å². The van der Waals surface area contributed by atoms with Gasteiger partial charge in [-0.25, -0.2) is 0 Å². The van der Waals surface area contributed by atoms with Crippen molar-refractivity contribution in [3.8, 4) is 23.0 Å². The Kier molecular flexibility index (Phi) is 4.16. The number of hydrogen-bond donors (Lipinski definition) is 0. The molecule has 1 unspecified atom stereocenters. The predicted molar refractivity (Wildman–Crippen MR) is 97.0 cm³/mol. The molecule has 0 bridgehead atoms. The van der Waals surface area contributed by atoms with Crippen molar-refractivity contribution < 1.29 is 32.0 Å². The van der Waals surface area contributed by atoms with Crippen LogP contribution >= 0.6 is 0 Å². The zero-order valence-corrected chi connectivity index (χ0v) is 15.3. The molecule has 0 radical (unpaired) electrons. The lowest BCUT2D eigenvalue weighted by Crippen LogP contribution is -2.24. The molecule has 7 nitrogen and oxygen atoms in total. The number of carbonyl (C=O) groups is 1. The van der Waals surface area contributed by atoms with Gasteiger partial charge in [-0.05, 0) is 36.4 Å². The molecule has 154 valence electrons. The molecule has 30 heavy (non-hydrogen) atoms. The number of amides is 1. The summed E-state index contributed by atoms with van der Waals surface area (Å²) >= 11 is 0. The van der Waals surface area contributed by atoms with Gasteiger partial charge in [-0.2, -0.15) is 18.2 Å². The minimum absolute atomic E-state index is 0.0797. The highest BCUT2D eigenvalue weighted by Crippen LogP contribution is 2.37. The lowest BCUT2D eigenvalue weighted by Gasteiger charge is -2.18. The second kappa shape index (κ2) is 6.75. The van der Waals surface area contributed by atoms with Crippen LogP contribution < -0.4 is 14.4 Å². The topological polar surface area (TPSA) is 77.7 Å². The van der Waals surface area contributed by atoms with Crippen LogP contribution in [0, 0.1) is 0 Å². The minimum Gasteiger partial charge on any atom is -0.454 e. The van der Waals surface area contributed by atoms with Crippen molar-refractivity contribution in [1.82, 2.24) is 10.1 Å². The first-order valence-corrected chi connectivity index (χ1v) is 9.10. The number of hydrogen-bond acceptors (Lipinski definition) is 6. The molecule has 2 aromatic carbocycles. The maximum atomic E-state index is 13.0.